The molecule has 2 aliphatic heterocycles. The lowest BCUT2D eigenvalue weighted by Crippen LogP contribution is -2.48. The molecule has 1 amide bonds. The van der Waals surface area contributed by atoms with Gasteiger partial charge in [-0.05, 0) is 45.2 Å². The van der Waals surface area contributed by atoms with Gasteiger partial charge in [-0.1, -0.05) is 18.2 Å². The maximum absolute atomic E-state index is 12.1. The van der Waals surface area contributed by atoms with E-state index >= 15 is 0 Å². The normalized spacial score (nSPS) is 22.3. The molecule has 5 heteroatoms. The van der Waals surface area contributed by atoms with Gasteiger partial charge in [0, 0.05) is 31.9 Å². The fourth-order valence-corrected chi connectivity index (χ4v) is 4.08. The van der Waals surface area contributed by atoms with E-state index in [0.29, 0.717) is 12.6 Å². The number of rotatable bonds is 6. The standard InChI is InChI=1S/C20H30N2O3/c1-3-22(17-8-6-5-7-9-17)18-14-20(25-15-18)10-12-21(13-11-20)19(23)16-24-4-2/h5-9,18H,3-4,10-16H2,1-2H3/t18-/m1/s1. The van der Waals surface area contributed by atoms with Gasteiger partial charge in [-0.2, -0.15) is 0 Å². The monoisotopic (exact) mass is 346 g/mol. The number of likely N-dealkylation sites (tertiary alicyclic amines) is 1. The number of para-hydroxylation sites is 1. The van der Waals surface area contributed by atoms with Crippen molar-refractivity contribution in [3.63, 3.8) is 0 Å². The number of anilines is 1. The highest BCUT2D eigenvalue weighted by molar-refractivity contribution is 5.77. The minimum atomic E-state index is -0.0603. The van der Waals surface area contributed by atoms with Crippen LogP contribution in [-0.2, 0) is 14.3 Å². The minimum Gasteiger partial charge on any atom is -0.373 e. The van der Waals surface area contributed by atoms with Crippen molar-refractivity contribution in [3.8, 4) is 0 Å². The van der Waals surface area contributed by atoms with Gasteiger partial charge in [-0.3, -0.25) is 4.79 Å². The molecule has 0 aromatic heterocycles. The largest absolute Gasteiger partial charge is 0.373 e. The summed E-state index contributed by atoms with van der Waals surface area (Å²) >= 11 is 0. The Morgan fingerprint density at radius 2 is 2.00 bits per heavy atom. The number of carbonyl (C=O) groups is 1. The van der Waals surface area contributed by atoms with Crippen molar-refractivity contribution in [2.75, 3.05) is 44.4 Å². The maximum atomic E-state index is 12.1. The molecular weight excluding hydrogens is 316 g/mol. The molecule has 25 heavy (non-hydrogen) atoms. The minimum absolute atomic E-state index is 0.0603. The smallest absolute Gasteiger partial charge is 0.248 e. The number of piperidine rings is 1. The third-order valence-corrected chi connectivity index (χ3v) is 5.52. The predicted octanol–water partition coefficient (Wildman–Crippen LogP) is 2.70. The topological polar surface area (TPSA) is 42.0 Å². The van der Waals surface area contributed by atoms with Gasteiger partial charge in [0.15, 0.2) is 0 Å². The lowest BCUT2D eigenvalue weighted by Gasteiger charge is -2.39. The predicted molar refractivity (Wildman–Crippen MR) is 98.9 cm³/mol. The molecule has 1 spiro atoms. The second-order valence-electron chi connectivity index (χ2n) is 6.99. The van der Waals surface area contributed by atoms with Crippen LogP contribution in [0.3, 0.4) is 0 Å². The Balaban J connectivity index is 1.57. The highest BCUT2D eigenvalue weighted by Gasteiger charge is 2.44. The van der Waals surface area contributed by atoms with E-state index in [1.165, 1.54) is 5.69 Å². The highest BCUT2D eigenvalue weighted by atomic mass is 16.5. The van der Waals surface area contributed by atoms with E-state index in [-0.39, 0.29) is 18.1 Å². The zero-order valence-electron chi connectivity index (χ0n) is 15.4. The summed E-state index contributed by atoms with van der Waals surface area (Å²) in [6.45, 7) is 8.20. The molecule has 0 radical (unpaired) electrons. The number of likely N-dealkylation sites (N-methyl/N-ethyl adjacent to an activating group) is 1. The Morgan fingerprint density at radius 3 is 2.64 bits per heavy atom. The zero-order valence-corrected chi connectivity index (χ0v) is 15.4. The highest BCUT2D eigenvalue weighted by Crippen LogP contribution is 2.38. The van der Waals surface area contributed by atoms with Gasteiger partial charge in [0.2, 0.25) is 5.91 Å². The molecule has 0 unspecified atom stereocenters. The van der Waals surface area contributed by atoms with Gasteiger partial charge < -0.3 is 19.3 Å². The third-order valence-electron chi connectivity index (χ3n) is 5.52. The summed E-state index contributed by atoms with van der Waals surface area (Å²) in [6.07, 6.45) is 2.89. The van der Waals surface area contributed by atoms with E-state index in [1.54, 1.807) is 0 Å². The average molecular weight is 346 g/mol. The summed E-state index contributed by atoms with van der Waals surface area (Å²) in [4.78, 5) is 16.5. The van der Waals surface area contributed by atoms with Crippen LogP contribution in [0.25, 0.3) is 0 Å². The fourth-order valence-electron chi connectivity index (χ4n) is 4.08. The van der Waals surface area contributed by atoms with Crippen molar-refractivity contribution in [3.05, 3.63) is 30.3 Å². The van der Waals surface area contributed by atoms with Crippen LogP contribution in [0.4, 0.5) is 5.69 Å². The molecule has 1 atom stereocenters. The molecule has 2 aliphatic rings. The molecular formula is C20H30N2O3. The number of carbonyl (C=O) groups excluding carboxylic acids is 1. The molecule has 2 saturated heterocycles. The number of nitrogens with zero attached hydrogens (tertiary/aromatic N) is 2. The van der Waals surface area contributed by atoms with Crippen molar-refractivity contribution in [1.29, 1.82) is 0 Å². The Kier molecular flexibility index (Phi) is 5.97. The second kappa shape index (κ2) is 8.19. The molecule has 2 fully saturated rings. The summed E-state index contributed by atoms with van der Waals surface area (Å²) in [6, 6.07) is 11.0. The molecule has 5 nitrogen and oxygen atoms in total. The number of hydrogen-bond donors (Lipinski definition) is 0. The van der Waals surface area contributed by atoms with Crippen LogP contribution in [0.15, 0.2) is 30.3 Å². The van der Waals surface area contributed by atoms with Gasteiger partial charge in [-0.25, -0.2) is 0 Å². The van der Waals surface area contributed by atoms with E-state index in [9.17, 15) is 4.79 Å². The fraction of sp³-hybridized carbons (Fsp3) is 0.650. The second-order valence-corrected chi connectivity index (χ2v) is 6.99. The Labute approximate surface area is 150 Å². The van der Waals surface area contributed by atoms with Gasteiger partial charge in [0.25, 0.3) is 0 Å². The first kappa shape index (κ1) is 18.2. The number of ether oxygens (including phenoxy) is 2. The molecule has 138 valence electrons. The van der Waals surface area contributed by atoms with E-state index in [1.807, 2.05) is 11.8 Å². The van der Waals surface area contributed by atoms with Gasteiger partial charge in [0.1, 0.15) is 6.61 Å². The van der Waals surface area contributed by atoms with Crippen LogP contribution >= 0.6 is 0 Å². The number of hydrogen-bond acceptors (Lipinski definition) is 4. The van der Waals surface area contributed by atoms with E-state index in [4.69, 9.17) is 9.47 Å². The number of amides is 1. The number of benzene rings is 1. The van der Waals surface area contributed by atoms with E-state index < -0.39 is 0 Å². The summed E-state index contributed by atoms with van der Waals surface area (Å²) in [5.41, 5.74) is 1.20. The van der Waals surface area contributed by atoms with E-state index in [2.05, 4.69) is 42.2 Å². The lowest BCUT2D eigenvalue weighted by molar-refractivity contribution is -0.140. The summed E-state index contributed by atoms with van der Waals surface area (Å²) in [7, 11) is 0. The molecule has 1 aromatic carbocycles. The van der Waals surface area contributed by atoms with Crippen LogP contribution in [0.1, 0.15) is 33.1 Å². The first-order valence-corrected chi connectivity index (χ1v) is 9.48. The molecule has 0 aliphatic carbocycles. The average Bonchev–Trinajstić information content (AvgIpc) is 3.05. The molecule has 0 bridgehead atoms. The Morgan fingerprint density at radius 1 is 1.28 bits per heavy atom. The lowest BCUT2D eigenvalue weighted by atomic mass is 9.87. The van der Waals surface area contributed by atoms with Crippen molar-refractivity contribution >= 4 is 11.6 Å². The van der Waals surface area contributed by atoms with Gasteiger partial charge in [-0.15, -0.1) is 0 Å². The molecule has 3 rings (SSSR count). The molecule has 1 aromatic rings. The summed E-state index contributed by atoms with van der Waals surface area (Å²) < 4.78 is 11.5. The molecule has 2 heterocycles. The van der Waals surface area contributed by atoms with Crippen LogP contribution in [-0.4, -0.2) is 61.9 Å². The van der Waals surface area contributed by atoms with Gasteiger partial charge in [0.05, 0.1) is 18.2 Å². The quantitative estimate of drug-likeness (QED) is 0.794. The van der Waals surface area contributed by atoms with E-state index in [0.717, 1.165) is 45.5 Å². The van der Waals surface area contributed by atoms with Crippen molar-refractivity contribution < 1.29 is 14.3 Å². The maximum Gasteiger partial charge on any atom is 0.248 e. The first-order valence-electron chi connectivity index (χ1n) is 9.48. The van der Waals surface area contributed by atoms with Gasteiger partial charge >= 0.3 is 0 Å². The SMILES string of the molecule is CCOCC(=O)N1CCC2(CC1)C[C@@H](N(CC)c1ccccc1)CO2. The molecule has 0 N–H and O–H groups in total. The molecule has 0 saturated carbocycles. The Hall–Kier alpha value is -1.59. The summed E-state index contributed by atoms with van der Waals surface area (Å²) in [5.74, 6) is 0.103. The van der Waals surface area contributed by atoms with Crippen LogP contribution in [0.5, 0.6) is 0 Å². The van der Waals surface area contributed by atoms with Crippen LogP contribution in [0.2, 0.25) is 0 Å². The Bertz CT molecular complexity index is 555. The van der Waals surface area contributed by atoms with Crippen molar-refractivity contribution in [1.82, 2.24) is 4.90 Å². The third kappa shape index (κ3) is 4.15. The first-order chi connectivity index (χ1) is 12.2. The van der Waals surface area contributed by atoms with Crippen LogP contribution < -0.4 is 4.90 Å². The van der Waals surface area contributed by atoms with Crippen molar-refractivity contribution in [2.24, 2.45) is 0 Å². The van der Waals surface area contributed by atoms with Crippen LogP contribution in [0, 0.1) is 0 Å². The zero-order chi connectivity index (χ0) is 17.7. The van der Waals surface area contributed by atoms with Crippen molar-refractivity contribution in [2.45, 2.75) is 44.8 Å². The summed E-state index contributed by atoms with van der Waals surface area (Å²) in [5, 5.41) is 0.